The number of morpholine rings is 1. The summed E-state index contributed by atoms with van der Waals surface area (Å²) in [6, 6.07) is 8.94. The van der Waals surface area contributed by atoms with Crippen molar-refractivity contribution in [1.29, 1.82) is 0 Å². The molecule has 1 aromatic heterocycles. The number of anilines is 1. The lowest BCUT2D eigenvalue weighted by Crippen LogP contribution is -2.45. The molecule has 1 fully saturated rings. The van der Waals surface area contributed by atoms with E-state index in [0.29, 0.717) is 11.1 Å². The molecule has 0 saturated carbocycles. The zero-order chi connectivity index (χ0) is 19.1. The molecule has 2 aromatic carbocycles. The molecule has 0 bridgehead atoms. The quantitative estimate of drug-likeness (QED) is 0.698. The molecule has 4 rings (SSSR count). The number of rotatable bonds is 3. The molecule has 1 saturated heterocycles. The molecule has 5 nitrogen and oxygen atoms in total. The number of halogens is 2. The first-order valence-electron chi connectivity index (χ1n) is 8.88. The molecular weight excluding hydrogens is 352 g/mol. The maximum atomic E-state index is 14.7. The molecule has 0 spiro atoms. The van der Waals surface area contributed by atoms with Crippen LogP contribution in [-0.4, -0.2) is 42.2 Å². The van der Waals surface area contributed by atoms with E-state index in [2.05, 4.69) is 23.8 Å². The molecule has 1 aliphatic rings. The fraction of sp³-hybridized carbons (Fsp3) is 0.350. The number of benzene rings is 2. The second-order valence-corrected chi connectivity index (χ2v) is 6.88. The van der Waals surface area contributed by atoms with E-state index in [-0.39, 0.29) is 17.7 Å². The Morgan fingerprint density at radius 1 is 1.07 bits per heavy atom. The van der Waals surface area contributed by atoms with Gasteiger partial charge in [0.05, 0.1) is 31.2 Å². The molecular formula is C20H21F2N3O2. The van der Waals surface area contributed by atoms with Crippen molar-refractivity contribution in [2.45, 2.75) is 26.1 Å². The maximum absolute atomic E-state index is 14.7. The number of ether oxygens (including phenoxy) is 2. The first-order valence-corrected chi connectivity index (χ1v) is 8.88. The van der Waals surface area contributed by atoms with Gasteiger partial charge < -0.3 is 14.4 Å². The van der Waals surface area contributed by atoms with Crippen LogP contribution in [0.2, 0.25) is 0 Å². The van der Waals surface area contributed by atoms with Crippen LogP contribution in [0, 0.1) is 11.6 Å². The number of methoxy groups -OCH3 is 1. The fourth-order valence-corrected chi connectivity index (χ4v) is 3.68. The van der Waals surface area contributed by atoms with E-state index in [1.54, 1.807) is 0 Å². The summed E-state index contributed by atoms with van der Waals surface area (Å²) in [5, 5.41) is 4.61. The third-order valence-corrected chi connectivity index (χ3v) is 4.79. The normalized spacial score (nSPS) is 20.3. The van der Waals surface area contributed by atoms with Crippen molar-refractivity contribution >= 4 is 16.6 Å². The van der Waals surface area contributed by atoms with Crippen LogP contribution in [0.5, 0.6) is 5.75 Å². The average Bonchev–Trinajstić information content (AvgIpc) is 3.05. The lowest BCUT2D eigenvalue weighted by molar-refractivity contribution is -0.00521. The predicted molar refractivity (Wildman–Crippen MR) is 99.8 cm³/mol. The molecule has 0 N–H and O–H groups in total. The number of hydrogen-bond acceptors (Lipinski definition) is 4. The van der Waals surface area contributed by atoms with Gasteiger partial charge >= 0.3 is 0 Å². The molecule has 0 aliphatic carbocycles. The van der Waals surface area contributed by atoms with Gasteiger partial charge in [0.25, 0.3) is 0 Å². The summed E-state index contributed by atoms with van der Waals surface area (Å²) in [4.78, 5) is 2.27. The van der Waals surface area contributed by atoms with Gasteiger partial charge in [0.1, 0.15) is 5.52 Å². The van der Waals surface area contributed by atoms with Crippen molar-refractivity contribution in [3.8, 4) is 11.4 Å². The van der Waals surface area contributed by atoms with Gasteiger partial charge in [-0.15, -0.1) is 0 Å². The van der Waals surface area contributed by atoms with Crippen LogP contribution in [0.3, 0.4) is 0 Å². The topological polar surface area (TPSA) is 39.5 Å². The van der Waals surface area contributed by atoms with Crippen LogP contribution >= 0.6 is 0 Å². The van der Waals surface area contributed by atoms with Crippen LogP contribution in [0.1, 0.15) is 13.8 Å². The highest BCUT2D eigenvalue weighted by Crippen LogP contribution is 2.31. The molecule has 27 heavy (non-hydrogen) atoms. The van der Waals surface area contributed by atoms with Crippen molar-refractivity contribution in [2.75, 3.05) is 25.1 Å². The van der Waals surface area contributed by atoms with Gasteiger partial charge in [-0.3, -0.25) is 0 Å². The van der Waals surface area contributed by atoms with Crippen LogP contribution in [0.25, 0.3) is 16.6 Å². The van der Waals surface area contributed by atoms with Crippen LogP contribution in [-0.2, 0) is 4.74 Å². The zero-order valence-electron chi connectivity index (χ0n) is 15.4. The highest BCUT2D eigenvalue weighted by Gasteiger charge is 2.23. The third-order valence-electron chi connectivity index (χ3n) is 4.79. The van der Waals surface area contributed by atoms with E-state index >= 15 is 0 Å². The minimum Gasteiger partial charge on any atom is -0.491 e. The summed E-state index contributed by atoms with van der Waals surface area (Å²) in [5.74, 6) is -1.91. The second kappa shape index (κ2) is 6.81. The van der Waals surface area contributed by atoms with E-state index in [0.717, 1.165) is 18.8 Å². The monoisotopic (exact) mass is 373 g/mol. The molecule has 2 heterocycles. The number of aromatic nitrogens is 2. The summed E-state index contributed by atoms with van der Waals surface area (Å²) in [6.45, 7) is 5.75. The Bertz CT molecular complexity index is 962. The van der Waals surface area contributed by atoms with Gasteiger partial charge in [0.15, 0.2) is 17.4 Å². The summed E-state index contributed by atoms with van der Waals surface area (Å²) in [7, 11) is 1.24. The van der Waals surface area contributed by atoms with Crippen LogP contribution < -0.4 is 9.64 Å². The number of fused-ring (bicyclic) bond motifs is 1. The smallest absolute Gasteiger partial charge is 0.194 e. The van der Waals surface area contributed by atoms with Crippen molar-refractivity contribution in [3.63, 3.8) is 0 Å². The molecule has 7 heteroatoms. The Hall–Kier alpha value is -2.67. The maximum Gasteiger partial charge on any atom is 0.194 e. The Balaban J connectivity index is 1.70. The first-order chi connectivity index (χ1) is 13.0. The van der Waals surface area contributed by atoms with Crippen molar-refractivity contribution in [1.82, 2.24) is 9.78 Å². The minimum atomic E-state index is -0.759. The molecule has 2 unspecified atom stereocenters. The summed E-state index contributed by atoms with van der Waals surface area (Å²) in [6.07, 6.45) is 1.78. The Morgan fingerprint density at radius 3 is 2.33 bits per heavy atom. The first kappa shape index (κ1) is 17.7. The Morgan fingerprint density at radius 2 is 1.70 bits per heavy atom. The van der Waals surface area contributed by atoms with Gasteiger partial charge in [-0.2, -0.15) is 5.10 Å². The van der Waals surface area contributed by atoms with Crippen molar-refractivity contribution in [3.05, 3.63) is 48.2 Å². The van der Waals surface area contributed by atoms with E-state index in [1.807, 2.05) is 24.3 Å². The Kier molecular flexibility index (Phi) is 4.47. The van der Waals surface area contributed by atoms with Gasteiger partial charge in [-0.25, -0.2) is 13.5 Å². The van der Waals surface area contributed by atoms with Crippen LogP contribution in [0.4, 0.5) is 14.5 Å². The predicted octanol–water partition coefficient (Wildman–Crippen LogP) is 3.93. The molecule has 142 valence electrons. The average molecular weight is 373 g/mol. The molecule has 0 radical (unpaired) electrons. The lowest BCUT2D eigenvalue weighted by atomic mass is 10.2. The Labute approximate surface area is 156 Å². The van der Waals surface area contributed by atoms with Crippen LogP contribution in [0.15, 0.2) is 36.5 Å². The van der Waals surface area contributed by atoms with E-state index in [9.17, 15) is 8.78 Å². The SMILES string of the molecule is COc1c(F)cc2cnn(-c3ccc(N4CC(C)OC(C)C4)cc3)c2c1F. The van der Waals surface area contributed by atoms with E-state index in [4.69, 9.17) is 9.47 Å². The van der Waals surface area contributed by atoms with Gasteiger partial charge in [-0.05, 0) is 44.2 Å². The third kappa shape index (κ3) is 3.12. The fourth-order valence-electron chi connectivity index (χ4n) is 3.68. The largest absolute Gasteiger partial charge is 0.491 e. The second-order valence-electron chi connectivity index (χ2n) is 6.88. The summed E-state index contributed by atoms with van der Waals surface area (Å²) >= 11 is 0. The van der Waals surface area contributed by atoms with Crippen molar-refractivity contribution in [2.24, 2.45) is 0 Å². The molecule has 3 aromatic rings. The standard InChI is InChI=1S/C20H21F2N3O2/c1-12-10-24(11-13(2)27-12)15-4-6-16(7-5-15)25-19-14(9-23-25)8-17(21)20(26-3)18(19)22/h4-9,12-13H,10-11H2,1-3H3. The summed E-state index contributed by atoms with van der Waals surface area (Å²) in [5.41, 5.74) is 1.95. The van der Waals surface area contributed by atoms with Gasteiger partial charge in [-0.1, -0.05) is 0 Å². The lowest BCUT2D eigenvalue weighted by Gasteiger charge is -2.36. The van der Waals surface area contributed by atoms with Gasteiger partial charge in [0, 0.05) is 24.2 Å². The molecule has 0 amide bonds. The number of hydrogen-bond donors (Lipinski definition) is 0. The van der Waals surface area contributed by atoms with E-state index in [1.165, 1.54) is 24.1 Å². The van der Waals surface area contributed by atoms with Gasteiger partial charge in [0.2, 0.25) is 0 Å². The molecule has 2 atom stereocenters. The summed E-state index contributed by atoms with van der Waals surface area (Å²) < 4.78 is 40.7. The highest BCUT2D eigenvalue weighted by atomic mass is 19.1. The minimum absolute atomic E-state index is 0.167. The molecule has 1 aliphatic heterocycles. The zero-order valence-corrected chi connectivity index (χ0v) is 15.4. The number of nitrogens with zero attached hydrogens (tertiary/aromatic N) is 3. The van der Waals surface area contributed by atoms with Crippen molar-refractivity contribution < 1.29 is 18.3 Å². The highest BCUT2D eigenvalue weighted by molar-refractivity contribution is 5.83. The van der Waals surface area contributed by atoms with E-state index < -0.39 is 17.4 Å².